The average Bonchev–Trinajstić information content (AvgIpc) is 2.80. The van der Waals surface area contributed by atoms with Gasteiger partial charge in [0.05, 0.1) is 23.4 Å². The van der Waals surface area contributed by atoms with Crippen LogP contribution in [0.2, 0.25) is 5.02 Å². The number of para-hydroxylation sites is 1. The zero-order valence-corrected chi connectivity index (χ0v) is 17.5. The highest BCUT2D eigenvalue weighted by atomic mass is 35.5. The van der Waals surface area contributed by atoms with Crippen molar-refractivity contribution in [3.8, 4) is 5.75 Å². The fourth-order valence-corrected chi connectivity index (χ4v) is 3.58. The SMILES string of the molecule is COc1ccc(Nc2ccccc2C(=O)N2CCN(c3ccc(Cl)cn3)CC2)cc1. The summed E-state index contributed by atoms with van der Waals surface area (Å²) in [5.41, 5.74) is 2.34. The van der Waals surface area contributed by atoms with Crippen molar-refractivity contribution in [3.63, 3.8) is 0 Å². The number of hydrogen-bond donors (Lipinski definition) is 1. The number of carbonyl (C=O) groups excluding carboxylic acids is 1. The van der Waals surface area contributed by atoms with Crippen molar-refractivity contribution in [2.45, 2.75) is 0 Å². The number of nitrogens with zero attached hydrogens (tertiary/aromatic N) is 3. The number of amides is 1. The van der Waals surface area contributed by atoms with E-state index in [-0.39, 0.29) is 5.91 Å². The molecule has 30 heavy (non-hydrogen) atoms. The van der Waals surface area contributed by atoms with Gasteiger partial charge in [-0.2, -0.15) is 0 Å². The fraction of sp³-hybridized carbons (Fsp3) is 0.217. The summed E-state index contributed by atoms with van der Waals surface area (Å²) in [4.78, 5) is 21.6. The van der Waals surface area contributed by atoms with Crippen LogP contribution in [0, 0.1) is 0 Å². The molecule has 3 aromatic rings. The van der Waals surface area contributed by atoms with Gasteiger partial charge < -0.3 is 19.9 Å². The number of nitrogens with one attached hydrogen (secondary N) is 1. The molecule has 7 heteroatoms. The zero-order chi connectivity index (χ0) is 20.9. The number of pyridine rings is 1. The molecule has 1 N–H and O–H groups in total. The molecule has 1 aliphatic heterocycles. The molecule has 4 rings (SSSR count). The van der Waals surface area contributed by atoms with Crippen molar-refractivity contribution in [1.82, 2.24) is 9.88 Å². The third kappa shape index (κ3) is 4.49. The molecular weight excluding hydrogens is 400 g/mol. The molecule has 1 saturated heterocycles. The number of halogens is 1. The summed E-state index contributed by atoms with van der Waals surface area (Å²) < 4.78 is 5.20. The van der Waals surface area contributed by atoms with Crippen LogP contribution in [0.4, 0.5) is 17.2 Å². The molecule has 0 aliphatic carbocycles. The van der Waals surface area contributed by atoms with Crippen molar-refractivity contribution in [1.29, 1.82) is 0 Å². The molecule has 1 aliphatic rings. The largest absolute Gasteiger partial charge is 0.497 e. The number of carbonyl (C=O) groups is 1. The van der Waals surface area contributed by atoms with Gasteiger partial charge in [0, 0.05) is 38.1 Å². The predicted octanol–water partition coefficient (Wildman–Crippen LogP) is 4.45. The first-order chi connectivity index (χ1) is 14.6. The molecule has 2 aromatic carbocycles. The second kappa shape index (κ2) is 9.05. The normalized spacial score (nSPS) is 13.8. The minimum absolute atomic E-state index is 0.0235. The summed E-state index contributed by atoms with van der Waals surface area (Å²) >= 11 is 5.93. The van der Waals surface area contributed by atoms with Gasteiger partial charge in [-0.15, -0.1) is 0 Å². The van der Waals surface area contributed by atoms with E-state index < -0.39 is 0 Å². The molecule has 0 radical (unpaired) electrons. The van der Waals surface area contributed by atoms with Gasteiger partial charge in [0.1, 0.15) is 11.6 Å². The highest BCUT2D eigenvalue weighted by Gasteiger charge is 2.24. The van der Waals surface area contributed by atoms with E-state index in [4.69, 9.17) is 16.3 Å². The Hall–Kier alpha value is -3.25. The van der Waals surface area contributed by atoms with Crippen LogP contribution in [0.3, 0.4) is 0 Å². The summed E-state index contributed by atoms with van der Waals surface area (Å²) in [6.45, 7) is 2.74. The summed E-state index contributed by atoms with van der Waals surface area (Å²) in [5, 5.41) is 3.97. The Bertz CT molecular complexity index is 1000. The first-order valence-electron chi connectivity index (χ1n) is 9.80. The van der Waals surface area contributed by atoms with E-state index in [1.54, 1.807) is 13.3 Å². The van der Waals surface area contributed by atoms with E-state index in [2.05, 4.69) is 15.2 Å². The minimum atomic E-state index is 0.0235. The van der Waals surface area contributed by atoms with Crippen molar-refractivity contribution >= 4 is 34.7 Å². The maximum Gasteiger partial charge on any atom is 0.256 e. The number of piperazine rings is 1. The molecule has 0 spiro atoms. The molecular formula is C23H23ClN4O2. The van der Waals surface area contributed by atoms with Crippen molar-refractivity contribution in [3.05, 3.63) is 77.4 Å². The van der Waals surface area contributed by atoms with E-state index in [9.17, 15) is 4.79 Å². The molecule has 2 heterocycles. The van der Waals surface area contributed by atoms with Gasteiger partial charge in [-0.1, -0.05) is 23.7 Å². The van der Waals surface area contributed by atoms with Crippen LogP contribution >= 0.6 is 11.6 Å². The highest BCUT2D eigenvalue weighted by Crippen LogP contribution is 2.25. The van der Waals surface area contributed by atoms with Gasteiger partial charge in [-0.25, -0.2) is 4.98 Å². The lowest BCUT2D eigenvalue weighted by molar-refractivity contribution is 0.0747. The highest BCUT2D eigenvalue weighted by molar-refractivity contribution is 6.30. The standard InChI is InChI=1S/C23H23ClN4O2/c1-30-19-9-7-18(8-10-19)26-21-5-3-2-4-20(21)23(29)28-14-12-27(13-15-28)22-11-6-17(24)16-25-22/h2-11,16,26H,12-15H2,1H3. The number of ether oxygens (including phenoxy) is 1. The summed E-state index contributed by atoms with van der Waals surface area (Å²) in [5.74, 6) is 1.70. The number of hydrogen-bond acceptors (Lipinski definition) is 5. The maximum absolute atomic E-state index is 13.2. The maximum atomic E-state index is 13.2. The minimum Gasteiger partial charge on any atom is -0.497 e. The third-order valence-corrected chi connectivity index (χ3v) is 5.35. The second-order valence-electron chi connectivity index (χ2n) is 7.01. The van der Waals surface area contributed by atoms with E-state index in [1.807, 2.05) is 65.6 Å². The van der Waals surface area contributed by atoms with Crippen molar-refractivity contribution in [2.24, 2.45) is 0 Å². The van der Waals surface area contributed by atoms with Crippen LogP contribution in [-0.4, -0.2) is 49.1 Å². The Morgan fingerprint density at radius 2 is 1.73 bits per heavy atom. The molecule has 6 nitrogen and oxygen atoms in total. The molecule has 1 fully saturated rings. The van der Waals surface area contributed by atoms with E-state index >= 15 is 0 Å². The lowest BCUT2D eigenvalue weighted by atomic mass is 10.1. The Morgan fingerprint density at radius 3 is 2.40 bits per heavy atom. The lowest BCUT2D eigenvalue weighted by Crippen LogP contribution is -2.49. The van der Waals surface area contributed by atoms with Gasteiger partial charge in [-0.05, 0) is 48.5 Å². The third-order valence-electron chi connectivity index (χ3n) is 5.13. The van der Waals surface area contributed by atoms with Crippen LogP contribution in [0.1, 0.15) is 10.4 Å². The van der Waals surface area contributed by atoms with Crippen molar-refractivity contribution in [2.75, 3.05) is 43.5 Å². The first kappa shape index (κ1) is 20.0. The molecule has 1 amide bonds. The van der Waals surface area contributed by atoms with Crippen LogP contribution in [0.15, 0.2) is 66.9 Å². The number of anilines is 3. The van der Waals surface area contributed by atoms with E-state index in [0.717, 1.165) is 36.0 Å². The Morgan fingerprint density at radius 1 is 1.00 bits per heavy atom. The summed E-state index contributed by atoms with van der Waals surface area (Å²) in [6.07, 6.45) is 1.65. The first-order valence-corrected chi connectivity index (χ1v) is 10.2. The van der Waals surface area contributed by atoms with Gasteiger partial charge >= 0.3 is 0 Å². The monoisotopic (exact) mass is 422 g/mol. The smallest absolute Gasteiger partial charge is 0.256 e. The number of methoxy groups -OCH3 is 1. The topological polar surface area (TPSA) is 57.7 Å². The Kier molecular flexibility index (Phi) is 6.05. The number of benzene rings is 2. The van der Waals surface area contributed by atoms with Gasteiger partial charge in [-0.3, -0.25) is 4.79 Å². The molecule has 0 unspecified atom stereocenters. The van der Waals surface area contributed by atoms with Gasteiger partial charge in [0.15, 0.2) is 0 Å². The molecule has 0 atom stereocenters. The Balaban J connectivity index is 1.44. The van der Waals surface area contributed by atoms with Crippen LogP contribution in [0.25, 0.3) is 0 Å². The predicted molar refractivity (Wildman–Crippen MR) is 120 cm³/mol. The van der Waals surface area contributed by atoms with Crippen LogP contribution in [0.5, 0.6) is 5.75 Å². The fourth-order valence-electron chi connectivity index (χ4n) is 3.47. The van der Waals surface area contributed by atoms with Crippen molar-refractivity contribution < 1.29 is 9.53 Å². The second-order valence-corrected chi connectivity index (χ2v) is 7.45. The summed E-state index contributed by atoms with van der Waals surface area (Å²) in [7, 11) is 1.64. The molecule has 1 aromatic heterocycles. The quantitative estimate of drug-likeness (QED) is 0.658. The van der Waals surface area contributed by atoms with Gasteiger partial charge in [0.25, 0.3) is 5.91 Å². The molecule has 154 valence electrons. The van der Waals surface area contributed by atoms with E-state index in [0.29, 0.717) is 23.7 Å². The zero-order valence-electron chi connectivity index (χ0n) is 16.7. The Labute approximate surface area is 181 Å². The number of aromatic nitrogens is 1. The molecule has 0 bridgehead atoms. The van der Waals surface area contributed by atoms with Crippen LogP contribution < -0.4 is 15.0 Å². The van der Waals surface area contributed by atoms with E-state index in [1.165, 1.54) is 0 Å². The molecule has 0 saturated carbocycles. The number of rotatable bonds is 5. The average molecular weight is 423 g/mol. The van der Waals surface area contributed by atoms with Gasteiger partial charge in [0.2, 0.25) is 0 Å². The van der Waals surface area contributed by atoms with Crippen LogP contribution in [-0.2, 0) is 0 Å². The summed E-state index contributed by atoms with van der Waals surface area (Å²) in [6, 6.07) is 19.0. The lowest BCUT2D eigenvalue weighted by Gasteiger charge is -2.35.